The minimum Gasteiger partial charge on any atom is -0.336 e. The van der Waals surface area contributed by atoms with E-state index in [9.17, 15) is 18.0 Å². The van der Waals surface area contributed by atoms with Gasteiger partial charge in [0.25, 0.3) is 21.7 Å². The predicted octanol–water partition coefficient (Wildman–Crippen LogP) is 4.09. The van der Waals surface area contributed by atoms with Crippen molar-refractivity contribution in [2.24, 2.45) is 0 Å². The van der Waals surface area contributed by atoms with Crippen molar-refractivity contribution in [1.82, 2.24) is 4.72 Å². The molecule has 4 aromatic rings. The van der Waals surface area contributed by atoms with E-state index in [1.54, 1.807) is 22.4 Å². The highest BCUT2D eigenvalue weighted by molar-refractivity contribution is 7.92. The van der Waals surface area contributed by atoms with Gasteiger partial charge < -0.3 is 14.4 Å². The summed E-state index contributed by atoms with van der Waals surface area (Å²) in [6.07, 6.45) is 0.153. The van der Waals surface area contributed by atoms with Crippen LogP contribution in [0.3, 0.4) is 0 Å². The van der Waals surface area contributed by atoms with Gasteiger partial charge in [0, 0.05) is 12.0 Å². The Labute approximate surface area is 223 Å². The smallest absolute Gasteiger partial charge is 0.292 e. The molecule has 0 aliphatic carbocycles. The van der Waals surface area contributed by atoms with Crippen molar-refractivity contribution in [2.45, 2.75) is 29.4 Å². The number of amides is 2. The molecule has 8 nitrogen and oxygen atoms in total. The van der Waals surface area contributed by atoms with Crippen LogP contribution in [0.25, 0.3) is 10.8 Å². The number of nitrogens with one attached hydrogen (secondary N) is 1. The van der Waals surface area contributed by atoms with Crippen LogP contribution in [0.2, 0.25) is 0 Å². The van der Waals surface area contributed by atoms with E-state index in [-0.39, 0.29) is 23.0 Å². The molecule has 6 rings (SSSR count). The van der Waals surface area contributed by atoms with Gasteiger partial charge in [-0.15, -0.1) is 11.3 Å². The Balaban J connectivity index is 1.30. The average Bonchev–Trinajstić information content (AvgIpc) is 3.67. The number of carbonyl (C=O) groups excluding carboxylic acids is 2. The van der Waals surface area contributed by atoms with Crippen LogP contribution in [0.15, 0.2) is 82.4 Å². The third kappa shape index (κ3) is 4.29. The molecule has 0 atom stereocenters. The van der Waals surface area contributed by atoms with Gasteiger partial charge in [0.15, 0.2) is 0 Å². The van der Waals surface area contributed by atoms with Crippen molar-refractivity contribution >= 4 is 49.6 Å². The summed E-state index contributed by atoms with van der Waals surface area (Å²) in [5, 5.41) is 3.81. The highest BCUT2D eigenvalue weighted by Gasteiger charge is 2.56. The Morgan fingerprint density at radius 1 is 0.974 bits per heavy atom. The van der Waals surface area contributed by atoms with Crippen LogP contribution in [-0.2, 0) is 47.8 Å². The first-order chi connectivity index (χ1) is 18.4. The fourth-order valence-corrected chi connectivity index (χ4v) is 7.06. The molecule has 2 aliphatic rings. The molecule has 0 unspecified atom stereocenters. The number of hydrogen-bond acceptors (Lipinski definition) is 7. The largest absolute Gasteiger partial charge is 0.336 e. The van der Waals surface area contributed by atoms with Crippen LogP contribution in [0.5, 0.6) is 0 Å². The quantitative estimate of drug-likeness (QED) is 0.373. The molecule has 2 amide bonds. The van der Waals surface area contributed by atoms with Crippen molar-refractivity contribution in [3.8, 4) is 0 Å². The Morgan fingerprint density at radius 3 is 2.53 bits per heavy atom. The molecule has 3 heterocycles. The van der Waals surface area contributed by atoms with Gasteiger partial charge in [-0.25, -0.2) is 13.1 Å². The zero-order valence-electron chi connectivity index (χ0n) is 20.3. The predicted molar refractivity (Wildman–Crippen MR) is 143 cm³/mol. The van der Waals surface area contributed by atoms with Crippen LogP contribution in [0.4, 0.5) is 5.69 Å². The third-order valence-electron chi connectivity index (χ3n) is 6.75. The number of nitrogens with zero attached hydrogens (tertiary/aromatic N) is 1. The number of hydrogen-bond donors (Lipinski definition) is 1. The lowest BCUT2D eigenvalue weighted by molar-refractivity contribution is -0.180. The lowest BCUT2D eigenvalue weighted by Gasteiger charge is -2.22. The molecule has 194 valence electrons. The molecular weight excluding hydrogens is 524 g/mol. The van der Waals surface area contributed by atoms with Gasteiger partial charge >= 0.3 is 0 Å². The summed E-state index contributed by atoms with van der Waals surface area (Å²) in [7, 11) is -3.91. The maximum absolute atomic E-state index is 13.8. The Kier molecular flexibility index (Phi) is 6.27. The zero-order chi connectivity index (χ0) is 26.3. The van der Waals surface area contributed by atoms with Crippen molar-refractivity contribution < 1.29 is 27.5 Å². The third-order valence-corrected chi connectivity index (χ3v) is 9.52. The lowest BCUT2D eigenvalue weighted by atomic mass is 10.00. The number of carbonyl (C=O) groups is 2. The fourth-order valence-electron chi connectivity index (χ4n) is 5.05. The fraction of sp³-hybridized carbons (Fsp3) is 0.214. The first-order valence-electron chi connectivity index (χ1n) is 12.2. The molecular formula is C28H24N2O6S2. The van der Waals surface area contributed by atoms with Crippen molar-refractivity contribution in [3.05, 3.63) is 94.9 Å². The number of ether oxygens (including phenoxy) is 2. The van der Waals surface area contributed by atoms with E-state index in [2.05, 4.69) is 10.8 Å². The van der Waals surface area contributed by atoms with Crippen LogP contribution in [0, 0.1) is 0 Å². The summed E-state index contributed by atoms with van der Waals surface area (Å²) >= 11 is 1.04. The Hall–Kier alpha value is -3.57. The number of benzene rings is 3. The highest BCUT2D eigenvalue weighted by Crippen LogP contribution is 2.48. The summed E-state index contributed by atoms with van der Waals surface area (Å²) in [6, 6.07) is 22.6. The molecule has 1 N–H and O–H groups in total. The lowest BCUT2D eigenvalue weighted by Crippen LogP contribution is -2.41. The topological polar surface area (TPSA) is 102 Å². The van der Waals surface area contributed by atoms with Gasteiger partial charge in [0.1, 0.15) is 4.21 Å². The summed E-state index contributed by atoms with van der Waals surface area (Å²) in [4.78, 5) is 28.1. The number of thiophene rings is 1. The molecule has 0 saturated carbocycles. The number of rotatable bonds is 7. The highest BCUT2D eigenvalue weighted by atomic mass is 32.2. The first-order valence-corrected chi connectivity index (χ1v) is 14.5. The van der Waals surface area contributed by atoms with Crippen LogP contribution in [-0.4, -0.2) is 33.4 Å². The van der Waals surface area contributed by atoms with Gasteiger partial charge in [-0.2, -0.15) is 0 Å². The molecule has 0 radical (unpaired) electrons. The number of para-hydroxylation sites is 1. The maximum atomic E-state index is 13.8. The first kappa shape index (κ1) is 24.7. The van der Waals surface area contributed by atoms with E-state index >= 15 is 0 Å². The summed E-state index contributed by atoms with van der Waals surface area (Å²) in [6.45, 7) is 0.880. The molecule has 2 aliphatic heterocycles. The number of fused-ring (bicyclic) bond motifs is 3. The van der Waals surface area contributed by atoms with E-state index in [4.69, 9.17) is 9.47 Å². The monoisotopic (exact) mass is 548 g/mol. The van der Waals surface area contributed by atoms with E-state index in [0.717, 1.165) is 33.2 Å². The second-order valence-corrected chi connectivity index (χ2v) is 12.0. The van der Waals surface area contributed by atoms with Gasteiger partial charge in [0.2, 0.25) is 5.91 Å². The summed E-state index contributed by atoms with van der Waals surface area (Å²) < 4.78 is 38.9. The maximum Gasteiger partial charge on any atom is 0.292 e. The molecule has 1 saturated heterocycles. The second-order valence-electron chi connectivity index (χ2n) is 9.16. The molecule has 1 fully saturated rings. The van der Waals surface area contributed by atoms with Crippen LogP contribution in [0.1, 0.15) is 23.1 Å². The number of anilines is 1. The van der Waals surface area contributed by atoms with Gasteiger partial charge in [-0.1, -0.05) is 60.7 Å². The van der Waals surface area contributed by atoms with E-state index in [1.807, 2.05) is 48.5 Å². The van der Waals surface area contributed by atoms with Gasteiger partial charge in [-0.3, -0.25) is 9.59 Å². The van der Waals surface area contributed by atoms with E-state index in [0.29, 0.717) is 31.0 Å². The number of aryl methyl sites for hydroxylation is 1. The Morgan fingerprint density at radius 2 is 1.76 bits per heavy atom. The molecule has 0 bridgehead atoms. The van der Waals surface area contributed by atoms with Crippen molar-refractivity contribution in [2.75, 3.05) is 18.1 Å². The summed E-state index contributed by atoms with van der Waals surface area (Å²) in [5.41, 5.74) is 2.91. The molecule has 1 spiro atoms. The minimum absolute atomic E-state index is 0.0756. The van der Waals surface area contributed by atoms with Crippen molar-refractivity contribution in [3.63, 3.8) is 0 Å². The molecule has 1 aromatic heterocycles. The average molecular weight is 549 g/mol. The number of sulfonamides is 1. The molecule has 38 heavy (non-hydrogen) atoms. The minimum atomic E-state index is -3.91. The summed E-state index contributed by atoms with van der Waals surface area (Å²) in [5.74, 6) is -2.44. The Bertz CT molecular complexity index is 1640. The van der Waals surface area contributed by atoms with Gasteiger partial charge in [0.05, 0.1) is 25.4 Å². The molecule has 10 heteroatoms. The van der Waals surface area contributed by atoms with Crippen molar-refractivity contribution in [1.29, 1.82) is 0 Å². The van der Waals surface area contributed by atoms with Crippen LogP contribution < -0.4 is 9.62 Å². The van der Waals surface area contributed by atoms with E-state index < -0.39 is 21.7 Å². The standard InChI is InChI=1S/C28H24N2O6S2/c31-24(29-38(33,34)25-9-4-16-37-25)13-12-21-7-3-8-23-26(21)30(27(32)28(23)35-14-15-36-28)18-19-10-11-20-5-1-2-6-22(20)17-19/h1-11,16-17H,12-15,18H2,(H,29,31). The van der Waals surface area contributed by atoms with E-state index in [1.165, 1.54) is 6.07 Å². The second kappa shape index (κ2) is 9.63. The normalized spacial score (nSPS) is 16.3. The zero-order valence-corrected chi connectivity index (χ0v) is 21.9. The molecule has 3 aromatic carbocycles. The SMILES string of the molecule is O=C(CCc1cccc2c1N(Cc1ccc3ccccc3c1)C(=O)C21OCCO1)NS(=O)(=O)c1cccs1. The van der Waals surface area contributed by atoms with Crippen LogP contribution >= 0.6 is 11.3 Å². The van der Waals surface area contributed by atoms with Gasteiger partial charge in [-0.05, 0) is 45.8 Å².